The van der Waals surface area contributed by atoms with E-state index in [2.05, 4.69) is 30.1 Å². The van der Waals surface area contributed by atoms with Gasteiger partial charge in [-0.25, -0.2) is 0 Å². The predicted molar refractivity (Wildman–Crippen MR) is 71.6 cm³/mol. The molecular weight excluding hydrogens is 216 g/mol. The first kappa shape index (κ1) is 13.9. The van der Waals surface area contributed by atoms with Gasteiger partial charge in [-0.2, -0.15) is 17.0 Å². The van der Waals surface area contributed by atoms with E-state index in [1.165, 1.54) is 32.1 Å². The molecule has 0 aliphatic heterocycles. The fraction of sp³-hybridized carbons (Fsp3) is 0.923. The number of thioether (sulfide) groups is 1. The molecule has 1 N–H and O–H groups in total. The highest BCUT2D eigenvalue weighted by Crippen LogP contribution is 2.33. The maximum Gasteiger partial charge on any atom is 0.104 e. The highest BCUT2D eigenvalue weighted by atomic mass is 32.2. The fourth-order valence-corrected chi connectivity index (χ4v) is 4.05. The van der Waals surface area contributed by atoms with Gasteiger partial charge in [0.15, 0.2) is 0 Å². The standard InChI is InChI=1S/C13H24N2S/c1-11(9-13(2,10-14)15-3)16-12-7-5-4-6-8-12/h11-12,15H,4-9H2,1-3H3. The molecule has 0 heterocycles. The van der Waals surface area contributed by atoms with E-state index < -0.39 is 0 Å². The summed E-state index contributed by atoms with van der Waals surface area (Å²) in [4.78, 5) is 0. The lowest BCUT2D eigenvalue weighted by molar-refractivity contribution is 0.452. The molecule has 1 saturated carbocycles. The van der Waals surface area contributed by atoms with Crippen molar-refractivity contribution in [3.8, 4) is 6.07 Å². The lowest BCUT2D eigenvalue weighted by Gasteiger charge is -2.28. The van der Waals surface area contributed by atoms with Gasteiger partial charge in [-0.1, -0.05) is 26.2 Å². The SMILES string of the molecule is CNC(C)(C#N)CC(C)SC1CCCCC1. The molecule has 0 spiro atoms. The van der Waals surface area contributed by atoms with Crippen LogP contribution in [-0.4, -0.2) is 23.1 Å². The van der Waals surface area contributed by atoms with Gasteiger partial charge >= 0.3 is 0 Å². The van der Waals surface area contributed by atoms with E-state index in [1.807, 2.05) is 14.0 Å². The molecule has 1 aliphatic rings. The number of hydrogen-bond acceptors (Lipinski definition) is 3. The van der Waals surface area contributed by atoms with Crippen molar-refractivity contribution in [1.82, 2.24) is 5.32 Å². The van der Waals surface area contributed by atoms with Crippen LogP contribution in [0.15, 0.2) is 0 Å². The van der Waals surface area contributed by atoms with E-state index >= 15 is 0 Å². The van der Waals surface area contributed by atoms with E-state index in [1.54, 1.807) is 0 Å². The van der Waals surface area contributed by atoms with E-state index in [-0.39, 0.29) is 5.54 Å². The molecule has 2 nitrogen and oxygen atoms in total. The molecule has 2 atom stereocenters. The minimum Gasteiger partial charge on any atom is -0.303 e. The third-order valence-corrected chi connectivity index (χ3v) is 4.96. The smallest absolute Gasteiger partial charge is 0.104 e. The van der Waals surface area contributed by atoms with Crippen LogP contribution in [0.25, 0.3) is 0 Å². The van der Waals surface area contributed by atoms with Gasteiger partial charge in [-0.15, -0.1) is 0 Å². The maximum absolute atomic E-state index is 9.12. The average molecular weight is 240 g/mol. The minimum atomic E-state index is -0.360. The second-order valence-corrected chi connectivity index (χ2v) is 6.85. The van der Waals surface area contributed by atoms with Crippen LogP contribution < -0.4 is 5.32 Å². The molecule has 3 heteroatoms. The summed E-state index contributed by atoms with van der Waals surface area (Å²) < 4.78 is 0. The highest BCUT2D eigenvalue weighted by Gasteiger charge is 2.26. The van der Waals surface area contributed by atoms with Crippen LogP contribution in [0.5, 0.6) is 0 Å². The summed E-state index contributed by atoms with van der Waals surface area (Å²) in [5.41, 5.74) is -0.360. The largest absolute Gasteiger partial charge is 0.303 e. The third kappa shape index (κ3) is 4.35. The Morgan fingerprint density at radius 3 is 2.56 bits per heavy atom. The zero-order valence-corrected chi connectivity index (χ0v) is 11.6. The minimum absolute atomic E-state index is 0.360. The van der Waals surface area contributed by atoms with Gasteiger partial charge in [0.1, 0.15) is 5.54 Å². The van der Waals surface area contributed by atoms with Gasteiger partial charge < -0.3 is 5.32 Å². The van der Waals surface area contributed by atoms with Crippen molar-refractivity contribution < 1.29 is 0 Å². The molecule has 1 rings (SSSR count). The molecule has 0 amide bonds. The van der Waals surface area contributed by atoms with Gasteiger partial charge in [0.05, 0.1) is 6.07 Å². The number of hydrogen-bond donors (Lipinski definition) is 1. The van der Waals surface area contributed by atoms with Crippen molar-refractivity contribution in [1.29, 1.82) is 5.26 Å². The maximum atomic E-state index is 9.12. The van der Waals surface area contributed by atoms with Crippen molar-refractivity contribution in [2.75, 3.05) is 7.05 Å². The summed E-state index contributed by atoms with van der Waals surface area (Å²) in [5.74, 6) is 0. The fourth-order valence-electron chi connectivity index (χ4n) is 2.36. The molecule has 1 aliphatic carbocycles. The van der Waals surface area contributed by atoms with Crippen LogP contribution in [0.1, 0.15) is 52.4 Å². The summed E-state index contributed by atoms with van der Waals surface area (Å²) in [7, 11) is 1.88. The van der Waals surface area contributed by atoms with Gasteiger partial charge in [-0.05, 0) is 33.2 Å². The number of rotatable bonds is 5. The van der Waals surface area contributed by atoms with Crippen molar-refractivity contribution in [2.24, 2.45) is 0 Å². The van der Waals surface area contributed by atoms with Crippen LogP contribution in [0.2, 0.25) is 0 Å². The lowest BCUT2D eigenvalue weighted by Crippen LogP contribution is -2.40. The summed E-state index contributed by atoms with van der Waals surface area (Å²) in [6, 6.07) is 2.37. The normalized spacial score (nSPS) is 23.4. The first-order chi connectivity index (χ1) is 7.59. The molecule has 16 heavy (non-hydrogen) atoms. The molecule has 0 aromatic carbocycles. The Morgan fingerprint density at radius 1 is 1.44 bits per heavy atom. The van der Waals surface area contributed by atoms with Gasteiger partial charge in [-0.3, -0.25) is 0 Å². The van der Waals surface area contributed by atoms with Crippen LogP contribution in [0.3, 0.4) is 0 Å². The van der Waals surface area contributed by atoms with E-state index in [0.29, 0.717) is 5.25 Å². The Hall–Kier alpha value is -0.200. The van der Waals surface area contributed by atoms with E-state index in [9.17, 15) is 0 Å². The average Bonchev–Trinajstić information content (AvgIpc) is 2.30. The second-order valence-electron chi connectivity index (χ2n) is 5.10. The number of nitriles is 1. The summed E-state index contributed by atoms with van der Waals surface area (Å²) in [5, 5.41) is 13.6. The number of nitrogens with zero attached hydrogens (tertiary/aromatic N) is 1. The first-order valence-electron chi connectivity index (χ1n) is 6.35. The van der Waals surface area contributed by atoms with Gasteiger partial charge in [0.25, 0.3) is 0 Å². The molecule has 0 aromatic rings. The van der Waals surface area contributed by atoms with Crippen molar-refractivity contribution >= 4 is 11.8 Å². The zero-order valence-electron chi connectivity index (χ0n) is 10.8. The molecule has 0 bridgehead atoms. The van der Waals surface area contributed by atoms with Crippen molar-refractivity contribution in [3.63, 3.8) is 0 Å². The van der Waals surface area contributed by atoms with Gasteiger partial charge in [0.2, 0.25) is 0 Å². The Bertz CT molecular complexity index is 243. The Morgan fingerprint density at radius 2 is 2.06 bits per heavy atom. The molecule has 2 unspecified atom stereocenters. The first-order valence-corrected chi connectivity index (χ1v) is 7.29. The number of nitrogens with one attached hydrogen (secondary N) is 1. The summed E-state index contributed by atoms with van der Waals surface area (Å²) in [6.07, 6.45) is 7.88. The Labute approximate surface area is 104 Å². The summed E-state index contributed by atoms with van der Waals surface area (Å²) >= 11 is 2.09. The second kappa shape index (κ2) is 6.51. The third-order valence-electron chi connectivity index (χ3n) is 3.47. The molecule has 92 valence electrons. The molecule has 0 radical (unpaired) electrons. The Balaban J connectivity index is 2.34. The molecule has 0 saturated heterocycles. The lowest BCUT2D eigenvalue weighted by atomic mass is 9.98. The topological polar surface area (TPSA) is 35.8 Å². The quantitative estimate of drug-likeness (QED) is 0.800. The molecular formula is C13H24N2S. The van der Waals surface area contributed by atoms with Gasteiger partial charge in [0, 0.05) is 10.5 Å². The zero-order chi connectivity index (χ0) is 12.0. The Kier molecular flexibility index (Phi) is 5.64. The monoisotopic (exact) mass is 240 g/mol. The molecule has 1 fully saturated rings. The van der Waals surface area contributed by atoms with Crippen LogP contribution in [0.4, 0.5) is 0 Å². The molecule has 0 aromatic heterocycles. The van der Waals surface area contributed by atoms with Crippen LogP contribution in [-0.2, 0) is 0 Å². The van der Waals surface area contributed by atoms with Crippen LogP contribution in [0, 0.1) is 11.3 Å². The van der Waals surface area contributed by atoms with Crippen LogP contribution >= 0.6 is 11.8 Å². The predicted octanol–water partition coefficient (Wildman–Crippen LogP) is 3.33. The van der Waals surface area contributed by atoms with Crippen molar-refractivity contribution in [2.45, 2.75) is 68.4 Å². The van der Waals surface area contributed by atoms with E-state index in [4.69, 9.17) is 5.26 Å². The summed E-state index contributed by atoms with van der Waals surface area (Å²) in [6.45, 7) is 4.25. The van der Waals surface area contributed by atoms with E-state index in [0.717, 1.165) is 11.7 Å². The highest BCUT2D eigenvalue weighted by molar-refractivity contribution is 8.00. The van der Waals surface area contributed by atoms with Crippen molar-refractivity contribution in [3.05, 3.63) is 0 Å².